The van der Waals surface area contributed by atoms with E-state index in [1.54, 1.807) is 24.3 Å². The zero-order valence-corrected chi connectivity index (χ0v) is 20.4. The minimum atomic E-state index is -0.249. The number of aromatic nitrogens is 2. The number of rotatable bonds is 11. The third kappa shape index (κ3) is 7.70. The van der Waals surface area contributed by atoms with Gasteiger partial charge in [-0.25, -0.2) is 9.97 Å². The number of anilines is 1. The summed E-state index contributed by atoms with van der Waals surface area (Å²) in [4.78, 5) is 23.3. The minimum absolute atomic E-state index is 0.0631. The van der Waals surface area contributed by atoms with Crippen molar-refractivity contribution in [3.63, 3.8) is 0 Å². The topological polar surface area (TPSA) is 67.3 Å². The predicted octanol–water partition coefficient (Wildman–Crippen LogP) is 5.28. The molecule has 0 aliphatic heterocycles. The van der Waals surface area contributed by atoms with Crippen molar-refractivity contribution in [2.45, 2.75) is 26.7 Å². The van der Waals surface area contributed by atoms with Crippen LogP contribution < -0.4 is 10.1 Å². The largest absolute Gasteiger partial charge is 0.492 e. The number of carbonyl (C=O) groups is 1. The standard InChI is InChI=1S/C25H28Cl2N4O2/c1-3-31(4-2)12-13-33-20-10-8-18(9-11-20)14-19-15-24(29-17-28-19)30-25(32)16-21-22(26)6-5-7-23(21)27/h5-11,15,17H,3-4,12-14,16H2,1-2H3,(H,28,29,30,32). The Morgan fingerprint density at radius 1 is 1.03 bits per heavy atom. The van der Waals surface area contributed by atoms with Gasteiger partial charge in [-0.2, -0.15) is 0 Å². The molecule has 3 rings (SSSR count). The zero-order chi connectivity index (χ0) is 23.6. The molecular formula is C25H28Cl2N4O2. The Kier molecular flexibility index (Phi) is 9.48. The van der Waals surface area contributed by atoms with Gasteiger partial charge in [0, 0.05) is 29.1 Å². The summed E-state index contributed by atoms with van der Waals surface area (Å²) in [7, 11) is 0. The SMILES string of the molecule is CCN(CC)CCOc1ccc(Cc2cc(NC(=O)Cc3c(Cl)cccc3Cl)ncn2)cc1. The summed E-state index contributed by atoms with van der Waals surface area (Å²) in [6.45, 7) is 7.91. The van der Waals surface area contributed by atoms with Gasteiger partial charge in [0.15, 0.2) is 0 Å². The second-order valence-electron chi connectivity index (χ2n) is 7.52. The first-order valence-electron chi connectivity index (χ1n) is 11.0. The summed E-state index contributed by atoms with van der Waals surface area (Å²) < 4.78 is 5.84. The third-order valence-corrected chi connectivity index (χ3v) is 5.98. The van der Waals surface area contributed by atoms with Crippen molar-refractivity contribution in [2.24, 2.45) is 0 Å². The van der Waals surface area contributed by atoms with E-state index < -0.39 is 0 Å². The van der Waals surface area contributed by atoms with Gasteiger partial charge in [0.05, 0.1) is 12.1 Å². The van der Waals surface area contributed by atoms with Crippen LogP contribution in [0.5, 0.6) is 5.75 Å². The number of nitrogens with one attached hydrogen (secondary N) is 1. The Morgan fingerprint density at radius 3 is 2.39 bits per heavy atom. The normalized spacial score (nSPS) is 10.9. The molecule has 0 aliphatic rings. The van der Waals surface area contributed by atoms with E-state index in [0.717, 1.165) is 36.6 Å². The fourth-order valence-electron chi connectivity index (χ4n) is 3.36. The van der Waals surface area contributed by atoms with Crippen molar-refractivity contribution in [1.29, 1.82) is 0 Å². The summed E-state index contributed by atoms with van der Waals surface area (Å²) in [6, 6.07) is 14.9. The molecule has 174 valence electrons. The van der Waals surface area contributed by atoms with Crippen LogP contribution in [0, 0.1) is 0 Å². The number of amides is 1. The average Bonchev–Trinajstić information content (AvgIpc) is 2.81. The van der Waals surface area contributed by atoms with Crippen molar-refractivity contribution in [1.82, 2.24) is 14.9 Å². The monoisotopic (exact) mass is 486 g/mol. The molecule has 8 heteroatoms. The summed E-state index contributed by atoms with van der Waals surface area (Å²) in [5.74, 6) is 1.03. The fourth-order valence-corrected chi connectivity index (χ4v) is 3.89. The van der Waals surface area contributed by atoms with E-state index in [4.69, 9.17) is 27.9 Å². The second kappa shape index (κ2) is 12.5. The molecule has 0 fully saturated rings. The molecule has 0 bridgehead atoms. The van der Waals surface area contributed by atoms with Crippen LogP contribution in [0.1, 0.15) is 30.7 Å². The van der Waals surface area contributed by atoms with Crippen LogP contribution in [-0.2, 0) is 17.6 Å². The number of halogens is 2. The molecule has 0 radical (unpaired) electrons. The van der Waals surface area contributed by atoms with Crippen LogP contribution in [0.25, 0.3) is 0 Å². The van der Waals surface area contributed by atoms with E-state index >= 15 is 0 Å². The van der Waals surface area contributed by atoms with Crippen LogP contribution in [0.15, 0.2) is 54.9 Å². The Bertz CT molecular complexity index is 1040. The van der Waals surface area contributed by atoms with Crippen LogP contribution in [0.2, 0.25) is 10.0 Å². The maximum absolute atomic E-state index is 12.5. The zero-order valence-electron chi connectivity index (χ0n) is 18.9. The van der Waals surface area contributed by atoms with Gasteiger partial charge in [-0.15, -0.1) is 0 Å². The maximum atomic E-state index is 12.5. The molecule has 33 heavy (non-hydrogen) atoms. The van der Waals surface area contributed by atoms with E-state index in [9.17, 15) is 4.79 Å². The lowest BCUT2D eigenvalue weighted by Crippen LogP contribution is -2.27. The first-order valence-corrected chi connectivity index (χ1v) is 11.7. The Hall–Kier alpha value is -2.67. The summed E-state index contributed by atoms with van der Waals surface area (Å²) in [5, 5.41) is 3.71. The van der Waals surface area contributed by atoms with Gasteiger partial charge in [-0.05, 0) is 48.5 Å². The third-order valence-electron chi connectivity index (χ3n) is 5.27. The van der Waals surface area contributed by atoms with Crippen molar-refractivity contribution in [2.75, 3.05) is 31.6 Å². The average molecular weight is 487 g/mol. The van der Waals surface area contributed by atoms with Crippen LogP contribution in [-0.4, -0.2) is 47.0 Å². The molecule has 0 spiro atoms. The number of benzene rings is 2. The quantitative estimate of drug-likeness (QED) is 0.399. The maximum Gasteiger partial charge on any atom is 0.230 e. The Balaban J connectivity index is 1.55. The molecule has 1 aromatic heterocycles. The van der Waals surface area contributed by atoms with Gasteiger partial charge in [0.1, 0.15) is 24.5 Å². The van der Waals surface area contributed by atoms with Gasteiger partial charge < -0.3 is 15.0 Å². The number of carbonyl (C=O) groups excluding carboxylic acids is 1. The molecule has 3 aromatic rings. The van der Waals surface area contributed by atoms with Crippen molar-refractivity contribution >= 4 is 34.9 Å². The summed E-state index contributed by atoms with van der Waals surface area (Å²) >= 11 is 12.3. The van der Waals surface area contributed by atoms with Crippen LogP contribution in [0.3, 0.4) is 0 Å². The first kappa shape index (κ1) is 25.0. The molecule has 0 aliphatic carbocycles. The van der Waals surface area contributed by atoms with E-state index in [1.165, 1.54) is 6.33 Å². The van der Waals surface area contributed by atoms with Gasteiger partial charge in [0.25, 0.3) is 0 Å². The highest BCUT2D eigenvalue weighted by Crippen LogP contribution is 2.25. The smallest absolute Gasteiger partial charge is 0.230 e. The molecule has 6 nitrogen and oxygen atoms in total. The minimum Gasteiger partial charge on any atom is -0.492 e. The first-order chi connectivity index (χ1) is 16.0. The molecule has 1 N–H and O–H groups in total. The van der Waals surface area contributed by atoms with Crippen molar-refractivity contribution < 1.29 is 9.53 Å². The highest BCUT2D eigenvalue weighted by Gasteiger charge is 2.12. The van der Waals surface area contributed by atoms with Crippen molar-refractivity contribution in [3.8, 4) is 5.75 Å². The highest BCUT2D eigenvalue weighted by atomic mass is 35.5. The lowest BCUT2D eigenvalue weighted by atomic mass is 10.1. The molecule has 0 saturated heterocycles. The lowest BCUT2D eigenvalue weighted by molar-refractivity contribution is -0.115. The molecule has 1 amide bonds. The molecule has 0 saturated carbocycles. The van der Waals surface area contributed by atoms with E-state index in [2.05, 4.69) is 34.0 Å². The fraction of sp³-hybridized carbons (Fsp3) is 0.320. The van der Waals surface area contributed by atoms with Gasteiger partial charge in [-0.3, -0.25) is 4.79 Å². The summed E-state index contributed by atoms with van der Waals surface area (Å²) in [5.41, 5.74) is 2.48. The second-order valence-corrected chi connectivity index (χ2v) is 8.33. The van der Waals surface area contributed by atoms with Crippen LogP contribution >= 0.6 is 23.2 Å². The molecule has 0 unspecified atom stereocenters. The summed E-state index contributed by atoms with van der Waals surface area (Å²) in [6.07, 6.45) is 2.12. The van der Waals surface area contributed by atoms with Crippen LogP contribution in [0.4, 0.5) is 5.82 Å². The molecule has 2 aromatic carbocycles. The Morgan fingerprint density at radius 2 is 1.73 bits per heavy atom. The van der Waals surface area contributed by atoms with E-state index in [-0.39, 0.29) is 12.3 Å². The van der Waals surface area contributed by atoms with Gasteiger partial charge in [0.2, 0.25) is 5.91 Å². The van der Waals surface area contributed by atoms with Crippen molar-refractivity contribution in [3.05, 3.63) is 81.7 Å². The number of hydrogen-bond acceptors (Lipinski definition) is 5. The lowest BCUT2D eigenvalue weighted by Gasteiger charge is -2.18. The Labute approximate surface area is 204 Å². The number of ether oxygens (including phenoxy) is 1. The highest BCUT2D eigenvalue weighted by molar-refractivity contribution is 6.36. The number of likely N-dealkylation sites (N-methyl/N-ethyl adjacent to an activating group) is 1. The predicted molar refractivity (Wildman–Crippen MR) is 133 cm³/mol. The molecule has 1 heterocycles. The molecule has 0 atom stereocenters. The van der Waals surface area contributed by atoms with E-state index in [0.29, 0.717) is 34.5 Å². The van der Waals surface area contributed by atoms with Gasteiger partial charge in [-0.1, -0.05) is 55.2 Å². The molecular weight excluding hydrogens is 459 g/mol. The van der Waals surface area contributed by atoms with Gasteiger partial charge >= 0.3 is 0 Å². The van der Waals surface area contributed by atoms with E-state index in [1.807, 2.05) is 24.3 Å². The number of nitrogens with zero attached hydrogens (tertiary/aromatic N) is 3. The number of hydrogen-bond donors (Lipinski definition) is 1.